The first-order valence-electron chi connectivity index (χ1n) is 7.72. The molecule has 0 amide bonds. The monoisotopic (exact) mass is 275 g/mol. The van der Waals surface area contributed by atoms with Crippen LogP contribution in [-0.4, -0.2) is 56.1 Å². The van der Waals surface area contributed by atoms with E-state index < -0.39 is 0 Å². The van der Waals surface area contributed by atoms with Gasteiger partial charge in [-0.1, -0.05) is 25.1 Å². The third-order valence-corrected chi connectivity index (χ3v) is 4.69. The van der Waals surface area contributed by atoms with E-state index in [1.807, 2.05) is 0 Å². The Bertz CT molecular complexity index is 444. The average Bonchev–Trinajstić information content (AvgIpc) is 2.43. The van der Waals surface area contributed by atoms with E-state index in [9.17, 15) is 0 Å². The zero-order chi connectivity index (χ0) is 14.7. The number of benzene rings is 1. The number of aryl methyl sites for hydroxylation is 1. The number of nitrogens with zero attached hydrogens (tertiary/aromatic N) is 2. The van der Waals surface area contributed by atoms with Gasteiger partial charge in [0.25, 0.3) is 0 Å². The summed E-state index contributed by atoms with van der Waals surface area (Å²) in [4.78, 5) is 4.95. The van der Waals surface area contributed by atoms with Crippen LogP contribution < -0.4 is 5.32 Å². The van der Waals surface area contributed by atoms with Crippen molar-refractivity contribution in [2.45, 2.75) is 32.9 Å². The van der Waals surface area contributed by atoms with Crippen LogP contribution in [0.25, 0.3) is 0 Å². The minimum Gasteiger partial charge on any atom is -0.309 e. The Morgan fingerprint density at radius 1 is 1.25 bits per heavy atom. The lowest BCUT2D eigenvalue weighted by molar-refractivity contribution is 0.0879. The predicted molar refractivity (Wildman–Crippen MR) is 86.2 cm³/mol. The van der Waals surface area contributed by atoms with Crippen molar-refractivity contribution in [2.75, 3.05) is 40.3 Å². The Labute approximate surface area is 124 Å². The summed E-state index contributed by atoms with van der Waals surface area (Å²) in [6.07, 6.45) is 0. The fourth-order valence-corrected chi connectivity index (χ4v) is 3.19. The van der Waals surface area contributed by atoms with Crippen LogP contribution in [0.1, 0.15) is 29.7 Å². The van der Waals surface area contributed by atoms with Gasteiger partial charge in [-0.3, -0.25) is 4.90 Å². The van der Waals surface area contributed by atoms with Gasteiger partial charge in [0, 0.05) is 31.7 Å². The second-order valence-corrected chi connectivity index (χ2v) is 6.13. The quantitative estimate of drug-likeness (QED) is 0.909. The van der Waals surface area contributed by atoms with E-state index in [0.717, 1.165) is 19.6 Å². The summed E-state index contributed by atoms with van der Waals surface area (Å²) in [5, 5.41) is 3.72. The highest BCUT2D eigenvalue weighted by Crippen LogP contribution is 2.27. The standard InChI is InChI=1S/C17H29N3/c1-6-18-17(15-9-7-8-13(2)14(15)3)16-12-19(4)10-11-20(16)5/h7-9,16-18H,6,10-12H2,1-5H3. The first-order valence-corrected chi connectivity index (χ1v) is 7.72. The highest BCUT2D eigenvalue weighted by atomic mass is 15.3. The molecule has 0 radical (unpaired) electrons. The van der Waals surface area contributed by atoms with Gasteiger partial charge in [0.2, 0.25) is 0 Å². The average molecular weight is 275 g/mol. The second kappa shape index (κ2) is 6.70. The van der Waals surface area contributed by atoms with Crippen molar-refractivity contribution >= 4 is 0 Å². The molecule has 1 N–H and O–H groups in total. The topological polar surface area (TPSA) is 18.5 Å². The number of piperazine rings is 1. The van der Waals surface area contributed by atoms with E-state index in [4.69, 9.17) is 0 Å². The van der Waals surface area contributed by atoms with Crippen LogP contribution in [-0.2, 0) is 0 Å². The van der Waals surface area contributed by atoms with E-state index in [1.54, 1.807) is 0 Å². The molecule has 1 aromatic carbocycles. The molecule has 2 atom stereocenters. The minimum atomic E-state index is 0.410. The van der Waals surface area contributed by atoms with Crippen molar-refractivity contribution in [2.24, 2.45) is 0 Å². The molecule has 20 heavy (non-hydrogen) atoms. The third kappa shape index (κ3) is 3.22. The fraction of sp³-hybridized carbons (Fsp3) is 0.647. The molecular weight excluding hydrogens is 246 g/mol. The molecule has 1 aliphatic heterocycles. The Balaban J connectivity index is 2.32. The summed E-state index contributed by atoms with van der Waals surface area (Å²) in [6, 6.07) is 7.63. The van der Waals surface area contributed by atoms with Gasteiger partial charge in [-0.15, -0.1) is 0 Å². The van der Waals surface area contributed by atoms with Crippen molar-refractivity contribution in [3.05, 3.63) is 34.9 Å². The zero-order valence-corrected chi connectivity index (χ0v) is 13.6. The molecule has 2 unspecified atom stereocenters. The van der Waals surface area contributed by atoms with Crippen LogP contribution in [0.5, 0.6) is 0 Å². The van der Waals surface area contributed by atoms with E-state index in [0.29, 0.717) is 12.1 Å². The van der Waals surface area contributed by atoms with Crippen LogP contribution in [0.15, 0.2) is 18.2 Å². The number of likely N-dealkylation sites (N-methyl/N-ethyl adjacent to an activating group) is 3. The number of nitrogens with one attached hydrogen (secondary N) is 1. The molecule has 1 fully saturated rings. The summed E-state index contributed by atoms with van der Waals surface area (Å²) >= 11 is 0. The first kappa shape index (κ1) is 15.5. The highest BCUT2D eigenvalue weighted by molar-refractivity contribution is 5.36. The van der Waals surface area contributed by atoms with Crippen molar-refractivity contribution in [1.82, 2.24) is 15.1 Å². The van der Waals surface area contributed by atoms with Crippen LogP contribution in [0, 0.1) is 13.8 Å². The molecule has 0 saturated carbocycles. The molecule has 3 nitrogen and oxygen atoms in total. The lowest BCUT2D eigenvalue weighted by Crippen LogP contribution is -2.55. The van der Waals surface area contributed by atoms with Crippen LogP contribution in [0.4, 0.5) is 0 Å². The van der Waals surface area contributed by atoms with Gasteiger partial charge in [-0.05, 0) is 51.2 Å². The maximum absolute atomic E-state index is 3.72. The van der Waals surface area contributed by atoms with Crippen LogP contribution in [0.3, 0.4) is 0 Å². The number of hydrogen-bond acceptors (Lipinski definition) is 3. The molecule has 0 aromatic heterocycles. The Morgan fingerprint density at radius 2 is 2.00 bits per heavy atom. The number of rotatable bonds is 4. The molecule has 112 valence electrons. The molecule has 1 aliphatic rings. The molecule has 3 heteroatoms. The summed E-state index contributed by atoms with van der Waals surface area (Å²) < 4.78 is 0. The van der Waals surface area contributed by atoms with E-state index >= 15 is 0 Å². The summed E-state index contributed by atoms with van der Waals surface area (Å²) in [5.41, 5.74) is 4.27. The van der Waals surface area contributed by atoms with Gasteiger partial charge in [-0.2, -0.15) is 0 Å². The van der Waals surface area contributed by atoms with Crippen molar-refractivity contribution in [3.8, 4) is 0 Å². The molecule has 0 bridgehead atoms. The van der Waals surface area contributed by atoms with Gasteiger partial charge in [0.15, 0.2) is 0 Å². The van der Waals surface area contributed by atoms with Gasteiger partial charge >= 0.3 is 0 Å². The van der Waals surface area contributed by atoms with Crippen molar-refractivity contribution < 1.29 is 0 Å². The highest BCUT2D eigenvalue weighted by Gasteiger charge is 2.31. The van der Waals surface area contributed by atoms with Crippen molar-refractivity contribution in [1.29, 1.82) is 0 Å². The number of hydrogen-bond donors (Lipinski definition) is 1. The van der Waals surface area contributed by atoms with Crippen LogP contribution >= 0.6 is 0 Å². The summed E-state index contributed by atoms with van der Waals surface area (Å²) in [7, 11) is 4.49. The predicted octanol–water partition coefficient (Wildman–Crippen LogP) is 2.20. The van der Waals surface area contributed by atoms with Crippen molar-refractivity contribution in [3.63, 3.8) is 0 Å². The Morgan fingerprint density at radius 3 is 2.70 bits per heavy atom. The Kier molecular flexibility index (Phi) is 5.19. The molecule has 1 aromatic rings. The lowest BCUT2D eigenvalue weighted by atomic mass is 9.91. The minimum absolute atomic E-state index is 0.410. The molecule has 1 heterocycles. The van der Waals surface area contributed by atoms with E-state index in [2.05, 4.69) is 68.2 Å². The molecule has 0 aliphatic carbocycles. The first-order chi connectivity index (χ1) is 9.54. The largest absolute Gasteiger partial charge is 0.309 e. The normalized spacial score (nSPS) is 22.9. The fourth-order valence-electron chi connectivity index (χ4n) is 3.19. The van der Waals surface area contributed by atoms with E-state index in [-0.39, 0.29) is 0 Å². The smallest absolute Gasteiger partial charge is 0.0493 e. The van der Waals surface area contributed by atoms with Gasteiger partial charge in [-0.25, -0.2) is 0 Å². The third-order valence-electron chi connectivity index (χ3n) is 4.69. The summed E-state index contributed by atoms with van der Waals surface area (Å²) in [5.74, 6) is 0. The molecule has 0 spiro atoms. The van der Waals surface area contributed by atoms with E-state index in [1.165, 1.54) is 23.2 Å². The Hall–Kier alpha value is -0.900. The SMILES string of the molecule is CCNC(c1cccc(C)c1C)C1CN(C)CCN1C. The molecular formula is C17H29N3. The maximum Gasteiger partial charge on any atom is 0.0493 e. The second-order valence-electron chi connectivity index (χ2n) is 6.13. The maximum atomic E-state index is 3.72. The van der Waals surface area contributed by atoms with Gasteiger partial charge < -0.3 is 10.2 Å². The van der Waals surface area contributed by atoms with Gasteiger partial charge in [0.05, 0.1) is 0 Å². The van der Waals surface area contributed by atoms with Crippen LogP contribution in [0.2, 0.25) is 0 Å². The molecule has 2 rings (SSSR count). The van der Waals surface area contributed by atoms with Gasteiger partial charge in [0.1, 0.15) is 0 Å². The lowest BCUT2D eigenvalue weighted by Gasteiger charge is -2.42. The summed E-state index contributed by atoms with van der Waals surface area (Å²) in [6.45, 7) is 11.1. The zero-order valence-electron chi connectivity index (χ0n) is 13.6. The molecule has 1 saturated heterocycles.